The van der Waals surface area contributed by atoms with Crippen LogP contribution in [0.25, 0.3) is 16.8 Å². The Morgan fingerprint density at radius 3 is 2.93 bits per heavy atom. The third kappa shape index (κ3) is 3.53. The number of fused-ring (bicyclic) bond motifs is 1. The van der Waals surface area contributed by atoms with Crippen molar-refractivity contribution in [1.29, 1.82) is 0 Å². The lowest BCUT2D eigenvalue weighted by molar-refractivity contribution is 0.0705. The SMILES string of the molecule is O=C(c1ccsc1)N1CCC[C@H](c2nc3ccc(-c4cccc(F)c4)cn3n2)C1. The number of carbonyl (C=O) groups is 1. The minimum Gasteiger partial charge on any atom is -0.338 e. The van der Waals surface area contributed by atoms with Crippen molar-refractivity contribution in [1.82, 2.24) is 19.5 Å². The Morgan fingerprint density at radius 2 is 2.10 bits per heavy atom. The van der Waals surface area contributed by atoms with Gasteiger partial charge in [0.25, 0.3) is 5.91 Å². The van der Waals surface area contributed by atoms with Gasteiger partial charge >= 0.3 is 0 Å². The van der Waals surface area contributed by atoms with E-state index >= 15 is 0 Å². The fourth-order valence-electron chi connectivity index (χ4n) is 3.85. The van der Waals surface area contributed by atoms with Crippen molar-refractivity contribution in [3.8, 4) is 11.1 Å². The van der Waals surface area contributed by atoms with E-state index in [1.54, 1.807) is 10.6 Å². The van der Waals surface area contributed by atoms with E-state index in [4.69, 9.17) is 0 Å². The lowest BCUT2D eigenvalue weighted by Crippen LogP contribution is -2.39. The summed E-state index contributed by atoms with van der Waals surface area (Å²) in [6.07, 6.45) is 3.77. The first-order chi connectivity index (χ1) is 14.2. The molecule has 1 aliphatic rings. The first-order valence-corrected chi connectivity index (χ1v) is 10.6. The number of hydrogen-bond acceptors (Lipinski definition) is 4. The van der Waals surface area contributed by atoms with Crippen LogP contribution in [0.1, 0.15) is 34.9 Å². The number of hydrogen-bond donors (Lipinski definition) is 0. The van der Waals surface area contributed by atoms with Crippen LogP contribution in [0, 0.1) is 5.82 Å². The second-order valence-corrected chi connectivity index (χ2v) is 8.08. The predicted octanol–water partition coefficient (Wildman–Crippen LogP) is 4.62. The number of amides is 1. The highest BCUT2D eigenvalue weighted by Crippen LogP contribution is 2.27. The average molecular weight is 406 g/mol. The number of benzene rings is 1. The molecule has 7 heteroatoms. The standard InChI is InChI=1S/C22H19FN4OS/c23-19-5-1-3-15(11-19)16-6-7-20-24-21(25-27(20)13-16)17-4-2-9-26(12-17)22(28)18-8-10-29-14-18/h1,3,5-8,10-11,13-14,17H,2,4,9,12H2/t17-/m0/s1. The van der Waals surface area contributed by atoms with Gasteiger partial charge in [0, 0.05) is 36.1 Å². The minimum atomic E-state index is -0.264. The van der Waals surface area contributed by atoms with Gasteiger partial charge in [-0.05, 0) is 54.1 Å². The summed E-state index contributed by atoms with van der Waals surface area (Å²) >= 11 is 1.53. The summed E-state index contributed by atoms with van der Waals surface area (Å²) in [5.74, 6) is 0.681. The predicted molar refractivity (Wildman–Crippen MR) is 111 cm³/mol. The minimum absolute atomic E-state index is 0.0769. The van der Waals surface area contributed by atoms with Crippen LogP contribution in [-0.2, 0) is 0 Å². The molecule has 29 heavy (non-hydrogen) atoms. The zero-order valence-corrected chi connectivity index (χ0v) is 16.5. The molecule has 5 nitrogen and oxygen atoms in total. The van der Waals surface area contributed by atoms with Gasteiger partial charge in [0.15, 0.2) is 11.5 Å². The van der Waals surface area contributed by atoms with Gasteiger partial charge in [0.05, 0.1) is 5.56 Å². The lowest BCUT2D eigenvalue weighted by Gasteiger charge is -2.31. The first-order valence-electron chi connectivity index (χ1n) is 9.61. The molecule has 0 bridgehead atoms. The monoisotopic (exact) mass is 406 g/mol. The number of thiophene rings is 1. The number of nitrogens with zero attached hydrogens (tertiary/aromatic N) is 4. The normalized spacial score (nSPS) is 17.0. The van der Waals surface area contributed by atoms with Crippen molar-refractivity contribution < 1.29 is 9.18 Å². The summed E-state index contributed by atoms with van der Waals surface area (Å²) in [4.78, 5) is 19.3. The van der Waals surface area contributed by atoms with Gasteiger partial charge in [0.1, 0.15) is 5.82 Å². The van der Waals surface area contributed by atoms with Gasteiger partial charge in [-0.25, -0.2) is 13.9 Å². The molecule has 3 aromatic heterocycles. The Hall–Kier alpha value is -3.06. The van der Waals surface area contributed by atoms with E-state index < -0.39 is 0 Å². The highest BCUT2D eigenvalue weighted by Gasteiger charge is 2.28. The largest absolute Gasteiger partial charge is 0.338 e. The first kappa shape index (κ1) is 18.0. The van der Waals surface area contributed by atoms with Gasteiger partial charge in [-0.3, -0.25) is 4.79 Å². The van der Waals surface area contributed by atoms with Gasteiger partial charge in [-0.2, -0.15) is 16.4 Å². The number of piperidine rings is 1. The smallest absolute Gasteiger partial charge is 0.254 e. The van der Waals surface area contributed by atoms with Crippen LogP contribution in [0.3, 0.4) is 0 Å². The Bertz CT molecular complexity index is 1170. The second-order valence-electron chi connectivity index (χ2n) is 7.30. The Balaban J connectivity index is 1.40. The molecule has 0 unspecified atom stereocenters. The molecule has 1 fully saturated rings. The van der Waals surface area contributed by atoms with Crippen LogP contribution in [0.2, 0.25) is 0 Å². The second kappa shape index (κ2) is 7.40. The number of rotatable bonds is 3. The quantitative estimate of drug-likeness (QED) is 0.499. The summed E-state index contributed by atoms with van der Waals surface area (Å²) in [5.41, 5.74) is 3.18. The maximum absolute atomic E-state index is 13.6. The van der Waals surface area contributed by atoms with Gasteiger partial charge < -0.3 is 4.90 Å². The van der Waals surface area contributed by atoms with Crippen LogP contribution in [0.5, 0.6) is 0 Å². The van der Waals surface area contributed by atoms with E-state index in [9.17, 15) is 9.18 Å². The third-order valence-electron chi connectivity index (χ3n) is 5.35. The Morgan fingerprint density at radius 1 is 1.17 bits per heavy atom. The summed E-state index contributed by atoms with van der Waals surface area (Å²) in [6.45, 7) is 1.39. The van der Waals surface area contributed by atoms with Crippen LogP contribution < -0.4 is 0 Å². The zero-order valence-electron chi connectivity index (χ0n) is 15.7. The van der Waals surface area contributed by atoms with Crippen molar-refractivity contribution in [2.24, 2.45) is 0 Å². The summed E-state index contributed by atoms with van der Waals surface area (Å²) in [7, 11) is 0. The maximum atomic E-state index is 13.6. The molecule has 0 saturated carbocycles. The molecule has 5 rings (SSSR count). The molecular formula is C22H19FN4OS. The molecule has 1 aliphatic heterocycles. The molecule has 0 N–H and O–H groups in total. The van der Waals surface area contributed by atoms with Crippen LogP contribution in [0.4, 0.5) is 4.39 Å². The molecule has 1 amide bonds. The molecule has 1 atom stereocenters. The Kier molecular flexibility index (Phi) is 4.60. The molecule has 4 aromatic rings. The number of carbonyl (C=O) groups excluding carboxylic acids is 1. The van der Waals surface area contributed by atoms with Crippen molar-refractivity contribution in [3.63, 3.8) is 0 Å². The zero-order chi connectivity index (χ0) is 19.8. The Labute approximate surface area is 171 Å². The molecule has 0 aliphatic carbocycles. The average Bonchev–Trinajstić information content (AvgIpc) is 3.43. The molecule has 0 spiro atoms. The number of pyridine rings is 1. The van der Waals surface area contributed by atoms with E-state index in [1.165, 1.54) is 23.5 Å². The maximum Gasteiger partial charge on any atom is 0.254 e. The van der Waals surface area contributed by atoms with Crippen molar-refractivity contribution in [2.45, 2.75) is 18.8 Å². The summed E-state index contributed by atoms with van der Waals surface area (Å²) in [5, 5.41) is 8.49. The molecule has 0 radical (unpaired) electrons. The summed E-state index contributed by atoms with van der Waals surface area (Å²) in [6, 6.07) is 12.2. The summed E-state index contributed by atoms with van der Waals surface area (Å²) < 4.78 is 15.3. The van der Waals surface area contributed by atoms with Gasteiger partial charge in [-0.1, -0.05) is 12.1 Å². The third-order valence-corrected chi connectivity index (χ3v) is 6.03. The topological polar surface area (TPSA) is 50.5 Å². The van der Waals surface area contributed by atoms with E-state index in [2.05, 4.69) is 10.1 Å². The van der Waals surface area contributed by atoms with Gasteiger partial charge in [0.2, 0.25) is 0 Å². The number of halogens is 1. The van der Waals surface area contributed by atoms with Gasteiger partial charge in [-0.15, -0.1) is 0 Å². The van der Waals surface area contributed by atoms with Crippen LogP contribution >= 0.6 is 11.3 Å². The van der Waals surface area contributed by atoms with Crippen molar-refractivity contribution in [2.75, 3.05) is 13.1 Å². The van der Waals surface area contributed by atoms with Crippen LogP contribution in [0.15, 0.2) is 59.4 Å². The lowest BCUT2D eigenvalue weighted by atomic mass is 9.97. The number of aromatic nitrogens is 3. The van der Waals surface area contributed by atoms with Crippen molar-refractivity contribution >= 4 is 22.9 Å². The fraction of sp³-hybridized carbons (Fsp3) is 0.227. The highest BCUT2D eigenvalue weighted by atomic mass is 32.1. The molecule has 146 valence electrons. The number of likely N-dealkylation sites (tertiary alicyclic amines) is 1. The molecular weight excluding hydrogens is 387 g/mol. The molecule has 1 aromatic carbocycles. The highest BCUT2D eigenvalue weighted by molar-refractivity contribution is 7.08. The fourth-order valence-corrected chi connectivity index (χ4v) is 4.48. The van der Waals surface area contributed by atoms with Crippen LogP contribution in [-0.4, -0.2) is 38.5 Å². The van der Waals surface area contributed by atoms with E-state index in [1.807, 2.05) is 46.1 Å². The van der Waals surface area contributed by atoms with E-state index in [0.29, 0.717) is 6.54 Å². The molecule has 4 heterocycles. The molecule has 1 saturated heterocycles. The van der Waals surface area contributed by atoms with E-state index in [-0.39, 0.29) is 17.6 Å². The van der Waals surface area contributed by atoms with E-state index in [0.717, 1.165) is 47.5 Å². The van der Waals surface area contributed by atoms with Crippen molar-refractivity contribution in [3.05, 3.63) is 76.6 Å².